The van der Waals surface area contributed by atoms with Gasteiger partial charge in [-0.25, -0.2) is 0 Å². The molecule has 3 aromatic rings. The summed E-state index contributed by atoms with van der Waals surface area (Å²) in [6, 6.07) is 11.9. The van der Waals surface area contributed by atoms with Gasteiger partial charge in [0, 0.05) is 11.1 Å². The molecule has 29 heavy (non-hydrogen) atoms. The molecule has 0 radical (unpaired) electrons. The summed E-state index contributed by atoms with van der Waals surface area (Å²) >= 11 is 0. The second-order valence-corrected chi connectivity index (χ2v) is 6.95. The number of hydrogen-bond donors (Lipinski definition) is 1. The molecule has 0 bridgehead atoms. The van der Waals surface area contributed by atoms with Gasteiger partial charge in [-0.15, -0.1) is 0 Å². The van der Waals surface area contributed by atoms with Crippen molar-refractivity contribution < 1.29 is 23.5 Å². The van der Waals surface area contributed by atoms with Crippen molar-refractivity contribution in [3.05, 3.63) is 53.9 Å². The monoisotopic (exact) mass is 395 g/mol. The second kappa shape index (κ2) is 7.83. The molecule has 0 saturated heterocycles. The van der Waals surface area contributed by atoms with Crippen LogP contribution in [0.2, 0.25) is 0 Å². The highest BCUT2D eigenvalue weighted by Gasteiger charge is 2.26. The summed E-state index contributed by atoms with van der Waals surface area (Å²) in [5, 5.41) is 7.04. The van der Waals surface area contributed by atoms with E-state index in [1.165, 1.54) is 0 Å². The molecule has 2 aromatic carbocycles. The third kappa shape index (κ3) is 3.87. The predicted octanol–water partition coefficient (Wildman–Crippen LogP) is 3.60. The first-order chi connectivity index (χ1) is 14.0. The Balaban J connectivity index is 1.54. The number of nitrogens with zero attached hydrogens (tertiary/aromatic N) is 2. The van der Waals surface area contributed by atoms with Crippen molar-refractivity contribution in [2.45, 2.75) is 19.9 Å². The lowest BCUT2D eigenvalue weighted by Crippen LogP contribution is -2.32. The summed E-state index contributed by atoms with van der Waals surface area (Å²) in [4.78, 5) is 17.2. The molecule has 1 N–H and O–H groups in total. The maximum atomic E-state index is 12.7. The number of aromatic nitrogens is 2. The van der Waals surface area contributed by atoms with Crippen LogP contribution in [0.15, 0.2) is 47.0 Å². The van der Waals surface area contributed by atoms with E-state index in [0.717, 1.165) is 5.56 Å². The van der Waals surface area contributed by atoms with Crippen LogP contribution in [0.25, 0.3) is 11.4 Å². The van der Waals surface area contributed by atoms with Crippen LogP contribution in [0, 0.1) is 5.92 Å². The van der Waals surface area contributed by atoms with E-state index in [1.54, 1.807) is 43.5 Å². The Kier molecular flexibility index (Phi) is 5.07. The Bertz CT molecular complexity index is 1010. The van der Waals surface area contributed by atoms with E-state index in [0.29, 0.717) is 34.5 Å². The van der Waals surface area contributed by atoms with Gasteiger partial charge in [0.1, 0.15) is 11.8 Å². The molecule has 1 aliphatic rings. The SMILES string of the molecule is COc1ccc(C(=O)N[C@@H](c2nc(-c3ccc4c(c3)OCO4)no2)C(C)C)cc1. The molecule has 0 aliphatic carbocycles. The molecule has 1 aliphatic heterocycles. The first kappa shape index (κ1) is 18.8. The Labute approximate surface area is 167 Å². The number of ether oxygens (including phenoxy) is 3. The highest BCUT2D eigenvalue weighted by molar-refractivity contribution is 5.94. The fraction of sp³-hybridized carbons (Fsp3) is 0.286. The second-order valence-electron chi connectivity index (χ2n) is 6.95. The number of carbonyl (C=O) groups excluding carboxylic acids is 1. The molecule has 4 rings (SSSR count). The molecule has 8 nitrogen and oxygen atoms in total. The number of nitrogens with one attached hydrogen (secondary N) is 1. The minimum absolute atomic E-state index is 0.0438. The molecular weight excluding hydrogens is 374 g/mol. The first-order valence-electron chi connectivity index (χ1n) is 9.23. The minimum atomic E-state index is -0.431. The van der Waals surface area contributed by atoms with Crippen LogP contribution in [0.5, 0.6) is 17.2 Å². The lowest BCUT2D eigenvalue weighted by molar-refractivity contribution is 0.0914. The number of carbonyl (C=O) groups is 1. The molecule has 0 fully saturated rings. The molecule has 0 spiro atoms. The average Bonchev–Trinajstić information content (AvgIpc) is 3.40. The Morgan fingerprint density at radius 1 is 1.10 bits per heavy atom. The van der Waals surface area contributed by atoms with Gasteiger partial charge in [-0.1, -0.05) is 19.0 Å². The van der Waals surface area contributed by atoms with Crippen molar-refractivity contribution >= 4 is 5.91 Å². The van der Waals surface area contributed by atoms with Crippen molar-refractivity contribution in [1.29, 1.82) is 0 Å². The van der Waals surface area contributed by atoms with Crippen LogP contribution in [0.4, 0.5) is 0 Å². The molecule has 1 atom stereocenters. The predicted molar refractivity (Wildman–Crippen MR) is 104 cm³/mol. The molecule has 0 saturated carbocycles. The largest absolute Gasteiger partial charge is 0.497 e. The van der Waals surface area contributed by atoms with E-state index in [1.807, 2.05) is 19.9 Å². The number of amides is 1. The first-order valence-corrected chi connectivity index (χ1v) is 9.23. The van der Waals surface area contributed by atoms with Gasteiger partial charge in [-0.2, -0.15) is 4.98 Å². The number of benzene rings is 2. The van der Waals surface area contributed by atoms with E-state index >= 15 is 0 Å². The number of fused-ring (bicyclic) bond motifs is 1. The van der Waals surface area contributed by atoms with Crippen LogP contribution in [-0.2, 0) is 0 Å². The summed E-state index contributed by atoms with van der Waals surface area (Å²) in [5.74, 6) is 2.59. The summed E-state index contributed by atoms with van der Waals surface area (Å²) in [5.41, 5.74) is 1.26. The summed E-state index contributed by atoms with van der Waals surface area (Å²) in [6.45, 7) is 4.15. The van der Waals surface area contributed by atoms with Gasteiger partial charge in [0.05, 0.1) is 7.11 Å². The quantitative estimate of drug-likeness (QED) is 0.681. The average molecular weight is 395 g/mol. The van der Waals surface area contributed by atoms with Gasteiger partial charge in [0.15, 0.2) is 11.5 Å². The zero-order valence-corrected chi connectivity index (χ0v) is 16.3. The number of rotatable bonds is 6. The molecule has 1 amide bonds. The zero-order valence-electron chi connectivity index (χ0n) is 16.3. The zero-order chi connectivity index (χ0) is 20.4. The lowest BCUT2D eigenvalue weighted by Gasteiger charge is -2.18. The van der Waals surface area contributed by atoms with Crippen molar-refractivity contribution in [2.24, 2.45) is 5.92 Å². The van der Waals surface area contributed by atoms with E-state index in [4.69, 9.17) is 18.7 Å². The van der Waals surface area contributed by atoms with Crippen molar-refractivity contribution in [3.63, 3.8) is 0 Å². The smallest absolute Gasteiger partial charge is 0.251 e. The van der Waals surface area contributed by atoms with Crippen molar-refractivity contribution in [2.75, 3.05) is 13.9 Å². The van der Waals surface area contributed by atoms with E-state index in [9.17, 15) is 4.79 Å². The molecule has 2 heterocycles. The van der Waals surface area contributed by atoms with Gasteiger partial charge in [0.25, 0.3) is 5.91 Å². The van der Waals surface area contributed by atoms with E-state index < -0.39 is 6.04 Å². The van der Waals surface area contributed by atoms with Gasteiger partial charge in [-0.3, -0.25) is 4.79 Å². The minimum Gasteiger partial charge on any atom is -0.497 e. The third-order valence-corrected chi connectivity index (χ3v) is 4.64. The van der Waals surface area contributed by atoms with Crippen LogP contribution in [0.3, 0.4) is 0 Å². The van der Waals surface area contributed by atoms with Crippen molar-refractivity contribution in [1.82, 2.24) is 15.5 Å². The number of methoxy groups -OCH3 is 1. The van der Waals surface area contributed by atoms with Crippen LogP contribution >= 0.6 is 0 Å². The Morgan fingerprint density at radius 3 is 2.59 bits per heavy atom. The van der Waals surface area contributed by atoms with Crippen LogP contribution < -0.4 is 19.5 Å². The third-order valence-electron chi connectivity index (χ3n) is 4.64. The maximum Gasteiger partial charge on any atom is 0.251 e. The van der Waals surface area contributed by atoms with E-state index in [-0.39, 0.29) is 18.6 Å². The molecular formula is C21H21N3O5. The maximum absolute atomic E-state index is 12.7. The van der Waals surface area contributed by atoms with Crippen LogP contribution in [-0.4, -0.2) is 30.0 Å². The van der Waals surface area contributed by atoms with Gasteiger partial charge in [0.2, 0.25) is 18.5 Å². The fourth-order valence-corrected chi connectivity index (χ4v) is 2.99. The van der Waals surface area contributed by atoms with Crippen LogP contribution in [0.1, 0.15) is 36.1 Å². The summed E-state index contributed by atoms with van der Waals surface area (Å²) in [6.07, 6.45) is 0. The molecule has 150 valence electrons. The Morgan fingerprint density at radius 2 is 1.86 bits per heavy atom. The molecule has 8 heteroatoms. The summed E-state index contributed by atoms with van der Waals surface area (Å²) in [7, 11) is 1.58. The van der Waals surface area contributed by atoms with Gasteiger partial charge >= 0.3 is 0 Å². The lowest BCUT2D eigenvalue weighted by atomic mass is 10.0. The van der Waals surface area contributed by atoms with E-state index in [2.05, 4.69) is 15.5 Å². The molecule has 0 unspecified atom stereocenters. The van der Waals surface area contributed by atoms with Gasteiger partial charge < -0.3 is 24.1 Å². The normalized spacial score (nSPS) is 13.4. The highest BCUT2D eigenvalue weighted by Crippen LogP contribution is 2.35. The van der Waals surface area contributed by atoms with Gasteiger partial charge in [-0.05, 0) is 48.4 Å². The standard InChI is InChI=1S/C21H21N3O5/c1-12(2)18(22-20(25)13-4-7-15(26-3)8-5-13)21-23-19(24-29-21)14-6-9-16-17(10-14)28-11-27-16/h4-10,12,18H,11H2,1-3H3,(H,22,25)/t18-/m1/s1. The molecule has 1 aromatic heterocycles. The fourth-order valence-electron chi connectivity index (χ4n) is 2.99. The summed E-state index contributed by atoms with van der Waals surface area (Å²) < 4.78 is 21.3. The topological polar surface area (TPSA) is 95.7 Å². The Hall–Kier alpha value is -3.55. The highest BCUT2D eigenvalue weighted by atomic mass is 16.7. The number of hydrogen-bond acceptors (Lipinski definition) is 7. The van der Waals surface area contributed by atoms with Crippen molar-refractivity contribution in [3.8, 4) is 28.6 Å².